The highest BCUT2D eigenvalue weighted by atomic mass is 19.1. The molecule has 1 atom stereocenters. The molecule has 0 aliphatic heterocycles. The summed E-state index contributed by atoms with van der Waals surface area (Å²) >= 11 is 0. The molecule has 0 radical (unpaired) electrons. The number of benzene rings is 1. The van der Waals surface area contributed by atoms with Crippen LogP contribution in [0.4, 0.5) is 8.78 Å². The number of methoxy groups -OCH3 is 2. The monoisotopic (exact) mass is 398 g/mol. The fourth-order valence-electron chi connectivity index (χ4n) is 3.91. The van der Waals surface area contributed by atoms with Crippen LogP contribution in [0.25, 0.3) is 0 Å². The molecule has 0 saturated carbocycles. The molecule has 0 aliphatic carbocycles. The molecule has 0 heterocycles. The molecule has 0 aliphatic rings. The Balaban J connectivity index is 2.39. The van der Waals surface area contributed by atoms with Crippen molar-refractivity contribution in [3.8, 4) is 0 Å². The van der Waals surface area contributed by atoms with E-state index in [9.17, 15) is 8.78 Å². The van der Waals surface area contributed by atoms with Gasteiger partial charge in [-0.15, -0.1) is 0 Å². The topological polar surface area (TPSA) is 18.5 Å². The van der Waals surface area contributed by atoms with Crippen molar-refractivity contribution in [2.75, 3.05) is 14.2 Å². The zero-order valence-electron chi connectivity index (χ0n) is 18.4. The third kappa shape index (κ3) is 9.47. The van der Waals surface area contributed by atoms with Gasteiger partial charge in [0.05, 0.1) is 0 Å². The quantitative estimate of drug-likeness (QED) is 0.213. The van der Waals surface area contributed by atoms with Crippen molar-refractivity contribution in [2.45, 2.75) is 96.7 Å². The number of ether oxygens (including phenoxy) is 2. The van der Waals surface area contributed by atoms with E-state index in [-0.39, 0.29) is 0 Å². The second-order valence-corrected chi connectivity index (χ2v) is 8.05. The summed E-state index contributed by atoms with van der Waals surface area (Å²) in [6.07, 6.45) is 13.6. The van der Waals surface area contributed by atoms with Gasteiger partial charge in [-0.05, 0) is 50.3 Å². The summed E-state index contributed by atoms with van der Waals surface area (Å²) < 4.78 is 37.9. The third-order valence-electron chi connectivity index (χ3n) is 5.90. The Bertz CT molecular complexity index is 509. The molecule has 0 spiro atoms. The van der Waals surface area contributed by atoms with Crippen LogP contribution in [0.1, 0.15) is 90.0 Å². The van der Waals surface area contributed by atoms with Crippen molar-refractivity contribution in [3.63, 3.8) is 0 Å². The van der Waals surface area contributed by atoms with E-state index in [1.54, 1.807) is 14.2 Å². The minimum atomic E-state index is -0.547. The highest BCUT2D eigenvalue weighted by molar-refractivity contribution is 5.17. The van der Waals surface area contributed by atoms with Gasteiger partial charge in [-0.2, -0.15) is 0 Å². The summed E-state index contributed by atoms with van der Waals surface area (Å²) in [4.78, 5) is 0. The SMILES string of the molecule is CCCCCCCCC(CCCCCc1cc(F)cc(F)c1)C(C)(OC)OC. The van der Waals surface area contributed by atoms with Crippen molar-refractivity contribution in [1.29, 1.82) is 0 Å². The maximum Gasteiger partial charge on any atom is 0.167 e. The van der Waals surface area contributed by atoms with Gasteiger partial charge in [0.25, 0.3) is 0 Å². The van der Waals surface area contributed by atoms with Gasteiger partial charge >= 0.3 is 0 Å². The lowest BCUT2D eigenvalue weighted by atomic mass is 9.87. The molecule has 0 saturated heterocycles. The fourth-order valence-corrected chi connectivity index (χ4v) is 3.91. The predicted molar refractivity (Wildman–Crippen MR) is 112 cm³/mol. The van der Waals surface area contributed by atoms with Crippen LogP contribution in [-0.2, 0) is 15.9 Å². The number of hydrogen-bond acceptors (Lipinski definition) is 2. The first-order valence-corrected chi connectivity index (χ1v) is 11.0. The van der Waals surface area contributed by atoms with Gasteiger partial charge < -0.3 is 9.47 Å². The number of unbranched alkanes of at least 4 members (excludes halogenated alkanes) is 7. The Hall–Kier alpha value is -1.00. The smallest absolute Gasteiger partial charge is 0.167 e. The number of halogens is 2. The molecule has 2 nitrogen and oxygen atoms in total. The number of aryl methyl sites for hydroxylation is 1. The first-order valence-electron chi connectivity index (χ1n) is 11.0. The lowest BCUT2D eigenvalue weighted by Gasteiger charge is -2.35. The molecule has 0 aromatic heterocycles. The zero-order chi connectivity index (χ0) is 20.8. The molecule has 28 heavy (non-hydrogen) atoms. The third-order valence-corrected chi connectivity index (χ3v) is 5.90. The molecule has 0 bridgehead atoms. The summed E-state index contributed by atoms with van der Waals surface area (Å²) in [5, 5.41) is 0. The maximum absolute atomic E-state index is 13.3. The average Bonchev–Trinajstić information content (AvgIpc) is 2.67. The Morgan fingerprint density at radius 3 is 1.82 bits per heavy atom. The van der Waals surface area contributed by atoms with E-state index in [1.807, 2.05) is 6.92 Å². The summed E-state index contributed by atoms with van der Waals surface area (Å²) in [5.41, 5.74) is 0.736. The van der Waals surface area contributed by atoms with E-state index in [4.69, 9.17) is 9.47 Å². The second-order valence-electron chi connectivity index (χ2n) is 8.05. The van der Waals surface area contributed by atoms with Crippen molar-refractivity contribution in [2.24, 2.45) is 5.92 Å². The van der Waals surface area contributed by atoms with Crippen LogP contribution in [0.3, 0.4) is 0 Å². The van der Waals surface area contributed by atoms with Crippen LogP contribution < -0.4 is 0 Å². The first kappa shape index (κ1) is 25.0. The molecule has 4 heteroatoms. The molecular weight excluding hydrogens is 358 g/mol. The molecule has 1 unspecified atom stereocenters. The van der Waals surface area contributed by atoms with Gasteiger partial charge in [-0.3, -0.25) is 0 Å². The molecule has 1 rings (SSSR count). The van der Waals surface area contributed by atoms with Gasteiger partial charge in [-0.25, -0.2) is 8.78 Å². The average molecular weight is 399 g/mol. The summed E-state index contributed by atoms with van der Waals surface area (Å²) in [5.74, 6) is -1.18. The van der Waals surface area contributed by atoms with E-state index in [0.717, 1.165) is 43.7 Å². The summed E-state index contributed by atoms with van der Waals surface area (Å²) in [6, 6.07) is 3.78. The molecule has 0 N–H and O–H groups in total. The van der Waals surface area contributed by atoms with Crippen molar-refractivity contribution in [3.05, 3.63) is 35.4 Å². The van der Waals surface area contributed by atoms with E-state index >= 15 is 0 Å². The lowest BCUT2D eigenvalue weighted by molar-refractivity contribution is -0.230. The van der Waals surface area contributed by atoms with Crippen LogP contribution in [0.5, 0.6) is 0 Å². The van der Waals surface area contributed by atoms with Crippen LogP contribution in [0, 0.1) is 17.6 Å². The van der Waals surface area contributed by atoms with Gasteiger partial charge in [-0.1, -0.05) is 58.3 Å². The number of hydrogen-bond donors (Lipinski definition) is 0. The van der Waals surface area contributed by atoms with Crippen molar-refractivity contribution >= 4 is 0 Å². The standard InChI is InChI=1S/C24H40F2O2/c1-5-6-7-8-9-12-15-21(24(2,27-3)28-4)16-13-10-11-14-20-17-22(25)19-23(26)18-20/h17-19,21H,5-16H2,1-4H3. The molecule has 162 valence electrons. The van der Waals surface area contributed by atoms with Crippen LogP contribution in [0.2, 0.25) is 0 Å². The van der Waals surface area contributed by atoms with Gasteiger partial charge in [0.1, 0.15) is 11.6 Å². The highest BCUT2D eigenvalue weighted by Crippen LogP contribution is 2.32. The molecule has 1 aromatic carbocycles. The number of rotatable bonds is 16. The minimum absolute atomic E-state index is 0.361. The summed E-state index contributed by atoms with van der Waals surface area (Å²) in [6.45, 7) is 4.27. The Morgan fingerprint density at radius 2 is 1.29 bits per heavy atom. The molecule has 0 amide bonds. The Kier molecular flexibility index (Phi) is 12.6. The predicted octanol–water partition coefficient (Wildman–Crippen LogP) is 7.44. The van der Waals surface area contributed by atoms with Crippen molar-refractivity contribution in [1.82, 2.24) is 0 Å². The van der Waals surface area contributed by atoms with Gasteiger partial charge in [0.2, 0.25) is 0 Å². The largest absolute Gasteiger partial charge is 0.353 e. The minimum Gasteiger partial charge on any atom is -0.353 e. The molecule has 1 aromatic rings. The van der Waals surface area contributed by atoms with Crippen molar-refractivity contribution < 1.29 is 18.3 Å². The molecular formula is C24H40F2O2. The normalized spacial score (nSPS) is 13.1. The second kappa shape index (κ2) is 14.1. The zero-order valence-corrected chi connectivity index (χ0v) is 18.4. The van der Waals surface area contributed by atoms with E-state index < -0.39 is 17.4 Å². The Labute approximate surface area is 171 Å². The van der Waals surface area contributed by atoms with Crippen LogP contribution >= 0.6 is 0 Å². The van der Waals surface area contributed by atoms with E-state index in [1.165, 1.54) is 50.7 Å². The Morgan fingerprint density at radius 1 is 0.786 bits per heavy atom. The first-order chi connectivity index (χ1) is 13.4. The van der Waals surface area contributed by atoms with Crippen LogP contribution in [-0.4, -0.2) is 20.0 Å². The summed E-state index contributed by atoms with van der Waals surface area (Å²) in [7, 11) is 3.44. The molecule has 0 fully saturated rings. The van der Waals surface area contributed by atoms with Gasteiger partial charge in [0, 0.05) is 26.2 Å². The van der Waals surface area contributed by atoms with Gasteiger partial charge in [0.15, 0.2) is 5.79 Å². The van der Waals surface area contributed by atoms with E-state index in [2.05, 4.69) is 6.92 Å². The van der Waals surface area contributed by atoms with Crippen LogP contribution in [0.15, 0.2) is 18.2 Å². The highest BCUT2D eigenvalue weighted by Gasteiger charge is 2.33. The maximum atomic E-state index is 13.3. The lowest BCUT2D eigenvalue weighted by Crippen LogP contribution is -2.39. The van der Waals surface area contributed by atoms with E-state index in [0.29, 0.717) is 12.3 Å². The fraction of sp³-hybridized carbons (Fsp3) is 0.750.